The minimum absolute atomic E-state index is 0.212. The van der Waals surface area contributed by atoms with E-state index in [-0.39, 0.29) is 5.91 Å². The molecule has 0 fully saturated rings. The lowest BCUT2D eigenvalue weighted by Crippen LogP contribution is -2.53. The van der Waals surface area contributed by atoms with Gasteiger partial charge in [0.15, 0.2) is 0 Å². The Morgan fingerprint density at radius 2 is 1.50 bits per heavy atom. The number of nitrogens with zero attached hydrogens (tertiary/aromatic N) is 1. The van der Waals surface area contributed by atoms with Crippen molar-refractivity contribution in [3.05, 3.63) is 12.7 Å². The first kappa shape index (κ1) is 15.4. The molecule has 1 amide bonds. The van der Waals surface area contributed by atoms with Gasteiger partial charge in [-0.2, -0.15) is 0 Å². The summed E-state index contributed by atoms with van der Waals surface area (Å²) in [5, 5.41) is 0. The molecular weight excluding hydrogens is 198 g/mol. The molecule has 0 spiro atoms. The van der Waals surface area contributed by atoms with E-state index in [1.54, 1.807) is 0 Å². The Hall–Kier alpha value is -0.630. The third-order valence-corrected chi connectivity index (χ3v) is 3.17. The van der Waals surface area contributed by atoms with Gasteiger partial charge in [0.2, 0.25) is 0 Å². The molecule has 0 aromatic rings. The zero-order chi connectivity index (χ0) is 12.4. The normalized spacial score (nSPS) is 11.4. The molecule has 2 nitrogen and oxygen atoms in total. The van der Waals surface area contributed by atoms with E-state index in [1.165, 1.54) is 6.08 Å². The summed E-state index contributed by atoms with van der Waals surface area (Å²) in [5.41, 5.74) is 0. The van der Waals surface area contributed by atoms with E-state index in [2.05, 4.69) is 27.4 Å². The second-order valence-corrected chi connectivity index (χ2v) is 4.57. The van der Waals surface area contributed by atoms with Crippen LogP contribution in [0.15, 0.2) is 12.7 Å². The minimum atomic E-state index is 0.212. The van der Waals surface area contributed by atoms with Gasteiger partial charge in [-0.1, -0.05) is 40.2 Å². The Morgan fingerprint density at radius 1 is 1.00 bits per heavy atom. The number of hydrogen-bond donors (Lipinski definition) is 0. The lowest BCUT2D eigenvalue weighted by molar-refractivity contribution is -0.853. The van der Waals surface area contributed by atoms with Crippen LogP contribution in [0.5, 0.6) is 0 Å². The number of unbranched alkanes of at least 4 members (excludes halogenated alkanes) is 2. The predicted octanol–water partition coefficient (Wildman–Crippen LogP) is 3.53. The molecule has 0 heterocycles. The highest BCUT2D eigenvalue weighted by atomic mass is 16.2. The number of quaternary nitrogens is 1. The van der Waals surface area contributed by atoms with Gasteiger partial charge in [0.05, 0.1) is 19.6 Å². The number of carbonyl (C=O) groups is 1. The maximum atomic E-state index is 12.1. The highest BCUT2D eigenvalue weighted by Crippen LogP contribution is 2.15. The van der Waals surface area contributed by atoms with E-state index in [9.17, 15) is 4.79 Å². The monoisotopic (exact) mass is 226 g/mol. The SMILES string of the molecule is C=CC(=O)[N+](CCC)(CCCC)CCCC. The standard InChI is InChI=1S/C14H28NO/c1-5-9-12-15(11-7-3,13-10-6-2)14(16)8-4/h8H,4-7,9-13H2,1-3H3/q+1. The molecule has 0 aromatic heterocycles. The lowest BCUT2D eigenvalue weighted by atomic mass is 10.2. The number of carbonyl (C=O) groups excluding carboxylic acids is 1. The van der Waals surface area contributed by atoms with Crippen molar-refractivity contribution in [2.24, 2.45) is 0 Å². The summed E-state index contributed by atoms with van der Waals surface area (Å²) in [6.45, 7) is 13.1. The maximum Gasteiger partial charge on any atom is 0.338 e. The Balaban J connectivity index is 4.72. The van der Waals surface area contributed by atoms with Crippen molar-refractivity contribution < 1.29 is 9.28 Å². The van der Waals surface area contributed by atoms with E-state index in [0.717, 1.165) is 51.7 Å². The highest BCUT2D eigenvalue weighted by molar-refractivity contribution is 5.80. The van der Waals surface area contributed by atoms with Crippen molar-refractivity contribution in [2.45, 2.75) is 52.9 Å². The second-order valence-electron chi connectivity index (χ2n) is 4.57. The largest absolute Gasteiger partial charge is 0.338 e. The van der Waals surface area contributed by atoms with E-state index in [0.29, 0.717) is 4.48 Å². The Labute approximate surface area is 101 Å². The zero-order valence-electron chi connectivity index (χ0n) is 11.3. The van der Waals surface area contributed by atoms with Crippen molar-refractivity contribution >= 4 is 5.91 Å². The Bertz CT molecular complexity index is 203. The fourth-order valence-corrected chi connectivity index (χ4v) is 2.21. The third kappa shape index (κ3) is 4.48. The quantitative estimate of drug-likeness (QED) is 0.434. The topological polar surface area (TPSA) is 17.1 Å². The molecule has 0 saturated carbocycles. The summed E-state index contributed by atoms with van der Waals surface area (Å²) < 4.78 is 0.627. The zero-order valence-corrected chi connectivity index (χ0v) is 11.3. The van der Waals surface area contributed by atoms with E-state index >= 15 is 0 Å². The molecular formula is C14H28NO+. The van der Waals surface area contributed by atoms with Crippen LogP contribution in [0, 0.1) is 0 Å². The van der Waals surface area contributed by atoms with E-state index in [1.807, 2.05) is 0 Å². The van der Waals surface area contributed by atoms with Crippen LogP contribution in [0.4, 0.5) is 0 Å². The van der Waals surface area contributed by atoms with Gasteiger partial charge in [0.1, 0.15) is 0 Å². The van der Waals surface area contributed by atoms with Crippen molar-refractivity contribution in [1.29, 1.82) is 0 Å². The van der Waals surface area contributed by atoms with Crippen molar-refractivity contribution in [3.8, 4) is 0 Å². The third-order valence-electron chi connectivity index (χ3n) is 3.17. The fraction of sp³-hybridized carbons (Fsp3) is 0.786. The van der Waals surface area contributed by atoms with Crippen molar-refractivity contribution in [1.82, 2.24) is 0 Å². The lowest BCUT2D eigenvalue weighted by Gasteiger charge is -2.35. The van der Waals surface area contributed by atoms with Gasteiger partial charge >= 0.3 is 5.91 Å². The van der Waals surface area contributed by atoms with Crippen LogP contribution < -0.4 is 0 Å². The molecule has 0 aliphatic heterocycles. The molecule has 0 saturated heterocycles. The average Bonchev–Trinajstić information content (AvgIpc) is 2.32. The van der Waals surface area contributed by atoms with Crippen LogP contribution in [0.25, 0.3) is 0 Å². The van der Waals surface area contributed by atoms with Crippen LogP contribution in [0.1, 0.15) is 52.9 Å². The smallest absolute Gasteiger partial charge is 0.257 e. The molecule has 0 radical (unpaired) electrons. The molecule has 0 unspecified atom stereocenters. The summed E-state index contributed by atoms with van der Waals surface area (Å²) in [5.74, 6) is 0.212. The maximum absolute atomic E-state index is 12.1. The molecule has 0 atom stereocenters. The second kappa shape index (κ2) is 8.51. The van der Waals surface area contributed by atoms with Crippen LogP contribution >= 0.6 is 0 Å². The summed E-state index contributed by atoms with van der Waals surface area (Å²) in [4.78, 5) is 12.1. The molecule has 0 bridgehead atoms. The number of rotatable bonds is 9. The Morgan fingerprint density at radius 3 is 1.81 bits per heavy atom. The van der Waals surface area contributed by atoms with Gasteiger partial charge < -0.3 is 0 Å². The molecule has 0 aliphatic carbocycles. The first-order chi connectivity index (χ1) is 7.66. The average molecular weight is 226 g/mol. The van der Waals surface area contributed by atoms with E-state index < -0.39 is 0 Å². The molecule has 0 aromatic carbocycles. The molecule has 16 heavy (non-hydrogen) atoms. The fourth-order valence-electron chi connectivity index (χ4n) is 2.21. The van der Waals surface area contributed by atoms with Crippen LogP contribution in [0.2, 0.25) is 0 Å². The molecule has 0 aliphatic rings. The summed E-state index contributed by atoms with van der Waals surface area (Å²) >= 11 is 0. The summed E-state index contributed by atoms with van der Waals surface area (Å²) in [7, 11) is 0. The first-order valence-corrected chi connectivity index (χ1v) is 6.69. The summed E-state index contributed by atoms with van der Waals surface area (Å²) in [6.07, 6.45) is 7.14. The van der Waals surface area contributed by atoms with Gasteiger partial charge in [0, 0.05) is 6.08 Å². The number of amides is 1. The van der Waals surface area contributed by atoms with Gasteiger partial charge in [-0.3, -0.25) is 4.48 Å². The van der Waals surface area contributed by atoms with Crippen LogP contribution in [0.3, 0.4) is 0 Å². The summed E-state index contributed by atoms with van der Waals surface area (Å²) in [6, 6.07) is 0. The van der Waals surface area contributed by atoms with Crippen molar-refractivity contribution in [2.75, 3.05) is 19.6 Å². The Kier molecular flexibility index (Phi) is 8.18. The molecule has 0 N–H and O–H groups in total. The van der Waals surface area contributed by atoms with Gasteiger partial charge in [0.25, 0.3) is 0 Å². The first-order valence-electron chi connectivity index (χ1n) is 6.69. The van der Waals surface area contributed by atoms with Gasteiger partial charge in [-0.05, 0) is 19.3 Å². The molecule has 0 rings (SSSR count). The van der Waals surface area contributed by atoms with Crippen LogP contribution in [-0.4, -0.2) is 30.0 Å². The number of hydrogen-bond acceptors (Lipinski definition) is 1. The van der Waals surface area contributed by atoms with Crippen molar-refractivity contribution in [3.63, 3.8) is 0 Å². The minimum Gasteiger partial charge on any atom is -0.257 e. The highest BCUT2D eigenvalue weighted by Gasteiger charge is 2.32. The predicted molar refractivity (Wildman–Crippen MR) is 70.2 cm³/mol. The molecule has 94 valence electrons. The van der Waals surface area contributed by atoms with Gasteiger partial charge in [-0.25, -0.2) is 4.79 Å². The van der Waals surface area contributed by atoms with E-state index in [4.69, 9.17) is 0 Å². The van der Waals surface area contributed by atoms with Gasteiger partial charge in [-0.15, -0.1) is 0 Å². The molecule has 2 heteroatoms. The van der Waals surface area contributed by atoms with Crippen LogP contribution in [-0.2, 0) is 4.79 Å².